The van der Waals surface area contributed by atoms with Gasteiger partial charge in [-0.3, -0.25) is 14.9 Å². The Labute approximate surface area is 175 Å². The Kier molecular flexibility index (Phi) is 5.44. The average Bonchev–Trinajstić information content (AvgIpc) is 3.07. The van der Waals surface area contributed by atoms with Gasteiger partial charge in [0, 0.05) is 36.9 Å². The van der Waals surface area contributed by atoms with E-state index in [2.05, 4.69) is 11.6 Å². The molecule has 1 aliphatic rings. The minimum absolute atomic E-state index is 0.0386. The fourth-order valence-corrected chi connectivity index (χ4v) is 4.09. The van der Waals surface area contributed by atoms with Crippen LogP contribution in [0.3, 0.4) is 0 Å². The number of nitro benzene ring substituents is 1. The summed E-state index contributed by atoms with van der Waals surface area (Å²) in [6.45, 7) is 5.24. The third kappa shape index (κ3) is 4.01. The molecule has 0 saturated carbocycles. The van der Waals surface area contributed by atoms with Crippen LogP contribution >= 0.6 is 11.3 Å². The number of hydrogen-bond acceptors (Lipinski definition) is 6. The first-order chi connectivity index (χ1) is 14.5. The molecule has 2 aromatic carbocycles. The topological polar surface area (TPSA) is 96.0 Å². The molecule has 0 saturated heterocycles. The molecule has 152 valence electrons. The van der Waals surface area contributed by atoms with Crippen molar-refractivity contribution in [2.24, 2.45) is 4.99 Å². The fraction of sp³-hybridized carbons (Fsp3) is 0.143. The highest BCUT2D eigenvalue weighted by atomic mass is 32.1. The first-order valence-electron chi connectivity index (χ1n) is 9.10. The van der Waals surface area contributed by atoms with E-state index in [9.17, 15) is 14.9 Å². The highest BCUT2D eigenvalue weighted by Gasteiger charge is 2.16. The number of carbonyl (C=O) groups is 1. The molecule has 1 aliphatic heterocycles. The molecule has 0 spiro atoms. The van der Waals surface area contributed by atoms with Gasteiger partial charge in [-0.25, -0.2) is 0 Å². The van der Waals surface area contributed by atoms with Gasteiger partial charge in [0.15, 0.2) is 16.3 Å². The maximum absolute atomic E-state index is 12.4. The lowest BCUT2D eigenvalue weighted by molar-refractivity contribution is -0.384. The SMILES string of the molecule is C=CCn1c(=NC(=O)C=Cc2cccc([N+](=O)[O-])c2)sc2cc3c(cc21)OCCO3. The van der Waals surface area contributed by atoms with E-state index in [-0.39, 0.29) is 5.69 Å². The van der Waals surface area contributed by atoms with Crippen LogP contribution in [0.1, 0.15) is 5.56 Å². The Balaban J connectivity index is 1.69. The first-order valence-corrected chi connectivity index (χ1v) is 9.92. The van der Waals surface area contributed by atoms with E-state index in [4.69, 9.17) is 9.47 Å². The van der Waals surface area contributed by atoms with E-state index >= 15 is 0 Å². The molecule has 1 amide bonds. The maximum Gasteiger partial charge on any atom is 0.272 e. The highest BCUT2D eigenvalue weighted by Crippen LogP contribution is 2.35. The number of allylic oxidation sites excluding steroid dienone is 1. The lowest BCUT2D eigenvalue weighted by Crippen LogP contribution is -2.17. The van der Waals surface area contributed by atoms with Crippen LogP contribution in [0.2, 0.25) is 0 Å². The summed E-state index contributed by atoms with van der Waals surface area (Å²) in [5, 5.41) is 10.9. The minimum atomic E-state index is -0.480. The van der Waals surface area contributed by atoms with Gasteiger partial charge in [0.2, 0.25) is 0 Å². The van der Waals surface area contributed by atoms with Crippen molar-refractivity contribution in [2.75, 3.05) is 13.2 Å². The second-order valence-corrected chi connectivity index (χ2v) is 7.39. The number of aromatic nitrogens is 1. The van der Waals surface area contributed by atoms with Crippen molar-refractivity contribution in [3.63, 3.8) is 0 Å². The number of nitrogens with zero attached hydrogens (tertiary/aromatic N) is 3. The van der Waals surface area contributed by atoms with Crippen molar-refractivity contribution in [2.45, 2.75) is 6.54 Å². The number of thiazole rings is 1. The van der Waals surface area contributed by atoms with Crippen molar-refractivity contribution in [3.8, 4) is 11.5 Å². The molecule has 8 nitrogen and oxygen atoms in total. The summed E-state index contributed by atoms with van der Waals surface area (Å²) < 4.78 is 14.1. The van der Waals surface area contributed by atoms with Gasteiger partial charge in [0.05, 0.1) is 15.1 Å². The van der Waals surface area contributed by atoms with E-state index in [1.807, 2.05) is 16.7 Å². The zero-order valence-electron chi connectivity index (χ0n) is 15.8. The summed E-state index contributed by atoms with van der Waals surface area (Å²) in [5.74, 6) is 0.861. The quantitative estimate of drug-likeness (QED) is 0.270. The van der Waals surface area contributed by atoms with Crippen molar-refractivity contribution in [1.29, 1.82) is 0 Å². The molecular formula is C21H17N3O5S. The summed E-state index contributed by atoms with van der Waals surface area (Å²) in [5.41, 5.74) is 1.38. The lowest BCUT2D eigenvalue weighted by atomic mass is 10.2. The molecule has 3 aromatic rings. The maximum atomic E-state index is 12.4. The molecule has 0 bridgehead atoms. The molecule has 30 heavy (non-hydrogen) atoms. The van der Waals surface area contributed by atoms with E-state index in [0.717, 1.165) is 10.2 Å². The lowest BCUT2D eigenvalue weighted by Gasteiger charge is -2.18. The fourth-order valence-electron chi connectivity index (χ4n) is 3.04. The van der Waals surface area contributed by atoms with Crippen molar-refractivity contribution in [1.82, 2.24) is 4.57 Å². The molecule has 2 heterocycles. The molecule has 1 aromatic heterocycles. The largest absolute Gasteiger partial charge is 0.486 e. The summed E-state index contributed by atoms with van der Waals surface area (Å²) in [7, 11) is 0. The number of benzene rings is 2. The van der Waals surface area contributed by atoms with Crippen LogP contribution < -0.4 is 14.3 Å². The van der Waals surface area contributed by atoms with Gasteiger partial charge in [0.25, 0.3) is 11.6 Å². The van der Waals surface area contributed by atoms with Gasteiger partial charge in [-0.15, -0.1) is 6.58 Å². The predicted octanol–water partition coefficient (Wildman–Crippen LogP) is 3.71. The van der Waals surface area contributed by atoms with Crippen LogP contribution in [0, 0.1) is 10.1 Å². The van der Waals surface area contributed by atoms with Gasteiger partial charge in [-0.05, 0) is 11.6 Å². The van der Waals surface area contributed by atoms with Crippen molar-refractivity contribution in [3.05, 3.63) is 75.6 Å². The number of rotatable bonds is 5. The van der Waals surface area contributed by atoms with Crippen molar-refractivity contribution < 1.29 is 19.2 Å². The summed E-state index contributed by atoms with van der Waals surface area (Å²) in [4.78, 5) is 27.5. The Morgan fingerprint density at radius 3 is 2.77 bits per heavy atom. The highest BCUT2D eigenvalue weighted by molar-refractivity contribution is 7.16. The molecule has 0 N–H and O–H groups in total. The number of amides is 1. The molecule has 4 rings (SSSR count). The molecule has 9 heteroatoms. The van der Waals surface area contributed by atoms with Gasteiger partial charge in [-0.2, -0.15) is 4.99 Å². The average molecular weight is 423 g/mol. The van der Waals surface area contributed by atoms with E-state index < -0.39 is 10.8 Å². The monoisotopic (exact) mass is 423 g/mol. The molecule has 0 atom stereocenters. The van der Waals surface area contributed by atoms with Crippen LogP contribution in [-0.2, 0) is 11.3 Å². The zero-order valence-corrected chi connectivity index (χ0v) is 16.6. The van der Waals surface area contributed by atoms with Gasteiger partial charge < -0.3 is 14.0 Å². The summed E-state index contributed by atoms with van der Waals surface area (Å²) in [6.07, 6.45) is 4.52. The van der Waals surface area contributed by atoms with Gasteiger partial charge in [-0.1, -0.05) is 29.5 Å². The number of nitro groups is 1. The summed E-state index contributed by atoms with van der Waals surface area (Å²) >= 11 is 1.36. The molecule has 0 unspecified atom stereocenters. The number of hydrogen-bond donors (Lipinski definition) is 0. The smallest absolute Gasteiger partial charge is 0.272 e. The Morgan fingerprint density at radius 2 is 2.03 bits per heavy atom. The normalized spacial score (nSPS) is 13.7. The standard InChI is InChI=1S/C21H17N3O5S/c1-2-8-23-16-12-17-18(29-10-9-28-17)13-19(16)30-21(23)22-20(25)7-6-14-4-3-5-15(11-14)24(26)27/h2-7,11-13H,1,8-10H2. The minimum Gasteiger partial charge on any atom is -0.486 e. The van der Waals surface area contributed by atoms with Crippen LogP contribution in [-0.4, -0.2) is 28.6 Å². The molecule has 0 aliphatic carbocycles. The van der Waals surface area contributed by atoms with Crippen LogP contribution in [0.5, 0.6) is 11.5 Å². The van der Waals surface area contributed by atoms with E-state index in [1.54, 1.807) is 18.2 Å². The number of carbonyl (C=O) groups excluding carboxylic acids is 1. The molecular weight excluding hydrogens is 406 g/mol. The van der Waals surface area contributed by atoms with Gasteiger partial charge >= 0.3 is 0 Å². The molecule has 0 radical (unpaired) electrons. The van der Waals surface area contributed by atoms with E-state index in [1.165, 1.54) is 35.6 Å². The number of non-ortho nitro benzene ring substituents is 1. The number of fused-ring (bicyclic) bond motifs is 2. The Hall–Kier alpha value is -3.72. The Morgan fingerprint density at radius 1 is 1.27 bits per heavy atom. The second-order valence-electron chi connectivity index (χ2n) is 6.38. The van der Waals surface area contributed by atoms with Gasteiger partial charge in [0.1, 0.15) is 13.2 Å². The third-order valence-electron chi connectivity index (χ3n) is 4.36. The number of ether oxygens (including phenoxy) is 2. The first kappa shape index (κ1) is 19.6. The van der Waals surface area contributed by atoms with Crippen LogP contribution in [0.25, 0.3) is 16.3 Å². The van der Waals surface area contributed by atoms with E-state index in [0.29, 0.717) is 41.6 Å². The summed E-state index contributed by atoms with van der Waals surface area (Å²) in [6, 6.07) is 9.80. The Bertz CT molecular complexity index is 1260. The third-order valence-corrected chi connectivity index (χ3v) is 5.40. The van der Waals surface area contributed by atoms with Crippen molar-refractivity contribution >= 4 is 39.2 Å². The predicted molar refractivity (Wildman–Crippen MR) is 114 cm³/mol. The van der Waals surface area contributed by atoms with Crippen LogP contribution in [0.15, 0.2) is 60.1 Å². The zero-order chi connectivity index (χ0) is 21.1. The second kappa shape index (κ2) is 8.34. The van der Waals surface area contributed by atoms with Crippen LogP contribution in [0.4, 0.5) is 5.69 Å². The molecule has 0 fully saturated rings.